The van der Waals surface area contributed by atoms with Gasteiger partial charge in [0.05, 0.1) is 0 Å². The number of rotatable bonds is 6. The highest BCUT2D eigenvalue weighted by Gasteiger charge is 2.32. The van der Waals surface area contributed by atoms with Crippen molar-refractivity contribution in [3.63, 3.8) is 0 Å². The number of hydrogen-bond donors (Lipinski definition) is 1. The van der Waals surface area contributed by atoms with E-state index in [0.717, 1.165) is 26.2 Å². The number of likely N-dealkylation sites (tertiary alicyclic amines) is 1. The summed E-state index contributed by atoms with van der Waals surface area (Å²) in [5.41, 5.74) is 7.55. The first-order chi connectivity index (χ1) is 9.67. The molecule has 2 rings (SSSR count). The Bertz CT molecular complexity index is 389. The van der Waals surface area contributed by atoms with Crippen LogP contribution in [-0.2, 0) is 0 Å². The van der Waals surface area contributed by atoms with Gasteiger partial charge in [0.25, 0.3) is 0 Å². The van der Waals surface area contributed by atoms with Gasteiger partial charge in [0.15, 0.2) is 0 Å². The van der Waals surface area contributed by atoms with Gasteiger partial charge in [-0.2, -0.15) is 0 Å². The minimum atomic E-state index is 0.132. The smallest absolute Gasteiger partial charge is 0.0498 e. The summed E-state index contributed by atoms with van der Waals surface area (Å²) in [4.78, 5) is 9.22. The fraction of sp³-hybridized carbons (Fsp3) is 0.688. The lowest BCUT2D eigenvalue weighted by molar-refractivity contribution is 0.176. The molecule has 1 aliphatic heterocycles. The van der Waals surface area contributed by atoms with Gasteiger partial charge >= 0.3 is 0 Å². The van der Waals surface area contributed by atoms with Gasteiger partial charge in [-0.05, 0) is 44.1 Å². The van der Waals surface area contributed by atoms with Crippen LogP contribution in [0.4, 0.5) is 0 Å². The summed E-state index contributed by atoms with van der Waals surface area (Å²) in [5, 5.41) is 0. The van der Waals surface area contributed by atoms with Crippen molar-refractivity contribution in [2.45, 2.75) is 45.3 Å². The molecule has 3 atom stereocenters. The van der Waals surface area contributed by atoms with Crippen molar-refractivity contribution < 1.29 is 0 Å². The maximum atomic E-state index is 6.26. The lowest BCUT2D eigenvalue weighted by atomic mass is 10.0. The van der Waals surface area contributed by atoms with Crippen LogP contribution in [0.3, 0.4) is 0 Å². The molecule has 0 amide bonds. The predicted octanol–water partition coefficient (Wildman–Crippen LogP) is 1.89. The summed E-state index contributed by atoms with van der Waals surface area (Å²) >= 11 is 0. The van der Waals surface area contributed by atoms with Gasteiger partial charge in [-0.25, -0.2) is 0 Å². The largest absolute Gasteiger partial charge is 0.326 e. The molecule has 0 saturated carbocycles. The monoisotopic (exact) mass is 276 g/mol. The first-order valence-corrected chi connectivity index (χ1v) is 7.81. The van der Waals surface area contributed by atoms with E-state index in [4.69, 9.17) is 5.73 Å². The molecule has 1 fully saturated rings. The summed E-state index contributed by atoms with van der Waals surface area (Å²) in [5.74, 6) is 0. The minimum Gasteiger partial charge on any atom is -0.326 e. The number of pyridine rings is 1. The number of nitrogens with two attached hydrogens (primary N) is 1. The topological polar surface area (TPSA) is 45.4 Å². The van der Waals surface area contributed by atoms with E-state index in [0.29, 0.717) is 12.1 Å². The van der Waals surface area contributed by atoms with Crippen LogP contribution >= 0.6 is 0 Å². The fourth-order valence-electron chi connectivity index (χ4n) is 3.47. The van der Waals surface area contributed by atoms with E-state index in [1.807, 2.05) is 12.4 Å². The van der Waals surface area contributed by atoms with Crippen molar-refractivity contribution >= 4 is 0 Å². The molecule has 1 aromatic rings. The average molecular weight is 276 g/mol. The predicted molar refractivity (Wildman–Crippen MR) is 83.5 cm³/mol. The van der Waals surface area contributed by atoms with E-state index in [9.17, 15) is 0 Å². The van der Waals surface area contributed by atoms with Gasteiger partial charge in [-0.15, -0.1) is 0 Å². The molecule has 4 nitrogen and oxygen atoms in total. The zero-order chi connectivity index (χ0) is 14.5. The Hall–Kier alpha value is -0.970. The zero-order valence-corrected chi connectivity index (χ0v) is 13.0. The molecule has 0 radical (unpaired) electrons. The van der Waals surface area contributed by atoms with Gasteiger partial charge in [-0.1, -0.05) is 13.8 Å². The number of aromatic nitrogens is 1. The maximum absolute atomic E-state index is 6.26. The second-order valence-corrected chi connectivity index (χ2v) is 5.74. The van der Waals surface area contributed by atoms with Gasteiger partial charge in [-0.3, -0.25) is 14.8 Å². The summed E-state index contributed by atoms with van der Waals surface area (Å²) in [7, 11) is 0. The second kappa shape index (κ2) is 7.16. The van der Waals surface area contributed by atoms with Crippen LogP contribution in [0, 0.1) is 0 Å². The van der Waals surface area contributed by atoms with Crippen molar-refractivity contribution in [3.8, 4) is 0 Å². The molecule has 1 aliphatic rings. The molecule has 2 heterocycles. The third-order valence-corrected chi connectivity index (χ3v) is 4.46. The Morgan fingerprint density at radius 3 is 2.55 bits per heavy atom. The first kappa shape index (κ1) is 15.4. The molecule has 0 spiro atoms. The Labute approximate surface area is 123 Å². The van der Waals surface area contributed by atoms with E-state index in [1.165, 1.54) is 12.0 Å². The van der Waals surface area contributed by atoms with Crippen LogP contribution in [-0.4, -0.2) is 53.0 Å². The first-order valence-electron chi connectivity index (χ1n) is 7.81. The molecule has 1 aromatic heterocycles. The molecule has 1 saturated heterocycles. The van der Waals surface area contributed by atoms with Gasteiger partial charge in [0, 0.05) is 43.6 Å². The lowest BCUT2D eigenvalue weighted by Gasteiger charge is -2.32. The highest BCUT2D eigenvalue weighted by Crippen LogP contribution is 2.28. The summed E-state index contributed by atoms with van der Waals surface area (Å²) in [6.45, 7) is 11.1. The Morgan fingerprint density at radius 1 is 1.35 bits per heavy atom. The molecule has 0 aromatic carbocycles. The molecule has 20 heavy (non-hydrogen) atoms. The summed E-state index contributed by atoms with van der Waals surface area (Å²) in [6.07, 6.45) is 4.97. The molecule has 4 heteroatoms. The standard InChI is InChI=1S/C16H28N4/c1-4-19(5-2)15-8-11-20(12-15)16(13(3)17)14-6-9-18-10-7-14/h6-7,9-10,13,15-16H,4-5,8,11-12,17H2,1-3H3. The number of likely N-dealkylation sites (N-methyl/N-ethyl adjacent to an activating group) is 1. The molecule has 112 valence electrons. The van der Waals surface area contributed by atoms with E-state index in [2.05, 4.69) is 47.7 Å². The highest BCUT2D eigenvalue weighted by molar-refractivity contribution is 5.17. The van der Waals surface area contributed by atoms with E-state index in [-0.39, 0.29) is 6.04 Å². The van der Waals surface area contributed by atoms with Crippen molar-refractivity contribution in [2.24, 2.45) is 5.73 Å². The number of nitrogens with zero attached hydrogens (tertiary/aromatic N) is 3. The van der Waals surface area contributed by atoms with Crippen LogP contribution in [0.15, 0.2) is 24.5 Å². The lowest BCUT2D eigenvalue weighted by Crippen LogP contribution is -2.41. The van der Waals surface area contributed by atoms with E-state index >= 15 is 0 Å². The maximum Gasteiger partial charge on any atom is 0.0498 e. The van der Waals surface area contributed by atoms with Crippen LogP contribution in [0.5, 0.6) is 0 Å². The average Bonchev–Trinajstić information content (AvgIpc) is 2.90. The van der Waals surface area contributed by atoms with E-state index < -0.39 is 0 Å². The molecular formula is C16H28N4. The van der Waals surface area contributed by atoms with Crippen molar-refractivity contribution in [1.82, 2.24) is 14.8 Å². The van der Waals surface area contributed by atoms with Crippen LogP contribution in [0.1, 0.15) is 38.8 Å². The highest BCUT2D eigenvalue weighted by atomic mass is 15.3. The molecular weight excluding hydrogens is 248 g/mol. The van der Waals surface area contributed by atoms with Crippen molar-refractivity contribution in [1.29, 1.82) is 0 Å². The SMILES string of the molecule is CCN(CC)C1CCN(C(c2ccncc2)C(C)N)C1. The fourth-order valence-corrected chi connectivity index (χ4v) is 3.47. The zero-order valence-electron chi connectivity index (χ0n) is 13.0. The number of hydrogen-bond acceptors (Lipinski definition) is 4. The molecule has 2 N–H and O–H groups in total. The van der Waals surface area contributed by atoms with Crippen LogP contribution in [0.2, 0.25) is 0 Å². The van der Waals surface area contributed by atoms with Gasteiger partial charge in [0.1, 0.15) is 0 Å². The molecule has 0 aliphatic carbocycles. The van der Waals surface area contributed by atoms with Crippen LogP contribution in [0.25, 0.3) is 0 Å². The normalized spacial score (nSPS) is 23.1. The van der Waals surface area contributed by atoms with Gasteiger partial charge < -0.3 is 5.73 Å². The van der Waals surface area contributed by atoms with Crippen molar-refractivity contribution in [2.75, 3.05) is 26.2 Å². The van der Waals surface area contributed by atoms with E-state index in [1.54, 1.807) is 0 Å². The summed E-state index contributed by atoms with van der Waals surface area (Å²) < 4.78 is 0. The third-order valence-electron chi connectivity index (χ3n) is 4.46. The van der Waals surface area contributed by atoms with Crippen LogP contribution < -0.4 is 5.73 Å². The summed E-state index contributed by atoms with van der Waals surface area (Å²) in [6, 6.07) is 5.30. The van der Waals surface area contributed by atoms with Gasteiger partial charge in [0.2, 0.25) is 0 Å². The Morgan fingerprint density at radius 2 is 2.00 bits per heavy atom. The third kappa shape index (κ3) is 3.37. The van der Waals surface area contributed by atoms with Crippen molar-refractivity contribution in [3.05, 3.63) is 30.1 Å². The quantitative estimate of drug-likeness (QED) is 0.862. The second-order valence-electron chi connectivity index (χ2n) is 5.74. The Balaban J connectivity index is 2.09. The Kier molecular flexibility index (Phi) is 5.52. The molecule has 3 unspecified atom stereocenters. The minimum absolute atomic E-state index is 0.132. The molecule has 0 bridgehead atoms.